The van der Waals surface area contributed by atoms with Crippen LogP contribution in [0.1, 0.15) is 31.0 Å². The van der Waals surface area contributed by atoms with Gasteiger partial charge in [-0.25, -0.2) is 4.98 Å². The first-order chi connectivity index (χ1) is 11.4. The number of nitrogens with zero attached hydrogens (tertiary/aromatic N) is 3. The lowest BCUT2D eigenvalue weighted by Gasteiger charge is -2.14. The van der Waals surface area contributed by atoms with Gasteiger partial charge in [-0.3, -0.25) is 9.36 Å². The van der Waals surface area contributed by atoms with Crippen molar-refractivity contribution in [2.75, 3.05) is 5.32 Å². The summed E-state index contributed by atoms with van der Waals surface area (Å²) in [5, 5.41) is 13.8. The Balaban J connectivity index is 2.08. The fourth-order valence-electron chi connectivity index (χ4n) is 2.75. The molecule has 0 aliphatic heterocycles. The number of phenolic OH excluding ortho intramolecular Hbond substituents is 1. The minimum atomic E-state index is -0.0847. The lowest BCUT2D eigenvalue weighted by Crippen LogP contribution is -2.22. The minimum Gasteiger partial charge on any atom is -0.507 e. The van der Waals surface area contributed by atoms with E-state index in [0.717, 1.165) is 22.2 Å². The van der Waals surface area contributed by atoms with Gasteiger partial charge in [-0.05, 0) is 57.0 Å². The monoisotopic (exact) mass is 324 g/mol. The van der Waals surface area contributed by atoms with E-state index < -0.39 is 0 Å². The number of hydrogen-bond acceptors (Lipinski definition) is 5. The smallest absolute Gasteiger partial charge is 0.252 e. The Hall–Kier alpha value is -2.89. The van der Waals surface area contributed by atoms with Gasteiger partial charge in [0.25, 0.3) is 5.56 Å². The van der Waals surface area contributed by atoms with E-state index in [0.29, 0.717) is 11.6 Å². The van der Waals surface area contributed by atoms with Gasteiger partial charge in [0.1, 0.15) is 11.4 Å². The molecule has 3 rings (SSSR count). The highest BCUT2D eigenvalue weighted by Crippen LogP contribution is 2.27. The predicted octanol–water partition coefficient (Wildman–Crippen LogP) is 3.44. The third-order valence-electron chi connectivity index (χ3n) is 3.93. The third-order valence-corrected chi connectivity index (χ3v) is 3.93. The molecule has 0 unspecified atom stereocenters. The maximum atomic E-state index is 12.1. The van der Waals surface area contributed by atoms with E-state index in [-0.39, 0.29) is 17.4 Å². The van der Waals surface area contributed by atoms with E-state index in [9.17, 15) is 9.90 Å². The van der Waals surface area contributed by atoms with Gasteiger partial charge in [0.15, 0.2) is 0 Å². The van der Waals surface area contributed by atoms with Crippen LogP contribution in [-0.4, -0.2) is 19.6 Å². The standard InChI is InChI=1S/C18H20N4O2/c1-10(2)22-15(23)6-5-13-9-19-18(21-17(13)22)20-14-7-11(3)16(24)12(4)8-14/h5-10,24H,1-4H3,(H,19,20,21). The molecule has 0 fully saturated rings. The first-order valence-corrected chi connectivity index (χ1v) is 7.82. The van der Waals surface area contributed by atoms with Gasteiger partial charge in [0, 0.05) is 29.4 Å². The Morgan fingerprint density at radius 3 is 2.46 bits per heavy atom. The molecule has 0 aliphatic rings. The molecule has 124 valence electrons. The van der Waals surface area contributed by atoms with Crippen molar-refractivity contribution in [2.45, 2.75) is 33.7 Å². The third kappa shape index (κ3) is 2.82. The molecule has 3 aromatic rings. The largest absolute Gasteiger partial charge is 0.507 e. The minimum absolute atomic E-state index is 0.00195. The number of aromatic nitrogens is 3. The second-order valence-electron chi connectivity index (χ2n) is 6.19. The van der Waals surface area contributed by atoms with Crippen LogP contribution in [0.25, 0.3) is 11.0 Å². The molecule has 2 N–H and O–H groups in total. The lowest BCUT2D eigenvalue weighted by atomic mass is 10.1. The number of pyridine rings is 1. The van der Waals surface area contributed by atoms with E-state index in [2.05, 4.69) is 15.3 Å². The zero-order valence-corrected chi connectivity index (χ0v) is 14.2. The predicted molar refractivity (Wildman–Crippen MR) is 95.0 cm³/mol. The Bertz CT molecular complexity index is 953. The summed E-state index contributed by atoms with van der Waals surface area (Å²) in [7, 11) is 0. The van der Waals surface area contributed by atoms with Gasteiger partial charge in [-0.15, -0.1) is 0 Å². The molecular formula is C18H20N4O2. The Labute approximate surface area is 139 Å². The Morgan fingerprint density at radius 1 is 1.17 bits per heavy atom. The molecule has 0 aliphatic carbocycles. The number of rotatable bonds is 3. The van der Waals surface area contributed by atoms with Crippen LogP contribution in [0.4, 0.5) is 11.6 Å². The molecule has 2 heterocycles. The Kier molecular flexibility index (Phi) is 3.97. The average molecular weight is 324 g/mol. The number of aryl methyl sites for hydroxylation is 2. The van der Waals surface area contributed by atoms with Crippen molar-refractivity contribution in [3.05, 3.63) is 51.9 Å². The number of aromatic hydroxyl groups is 1. The van der Waals surface area contributed by atoms with Crippen LogP contribution in [0.3, 0.4) is 0 Å². The molecule has 0 bridgehead atoms. The second-order valence-corrected chi connectivity index (χ2v) is 6.19. The zero-order valence-electron chi connectivity index (χ0n) is 14.2. The highest BCUT2D eigenvalue weighted by atomic mass is 16.3. The number of fused-ring (bicyclic) bond motifs is 1. The van der Waals surface area contributed by atoms with Crippen molar-refractivity contribution in [3.8, 4) is 5.75 Å². The van der Waals surface area contributed by atoms with Crippen LogP contribution in [0.2, 0.25) is 0 Å². The van der Waals surface area contributed by atoms with Crippen molar-refractivity contribution in [1.82, 2.24) is 14.5 Å². The summed E-state index contributed by atoms with van der Waals surface area (Å²) in [5.41, 5.74) is 2.85. The molecule has 0 amide bonds. The quantitative estimate of drug-likeness (QED) is 0.721. The van der Waals surface area contributed by atoms with Gasteiger partial charge in [-0.2, -0.15) is 4.98 Å². The summed E-state index contributed by atoms with van der Waals surface area (Å²) in [6.07, 6.45) is 1.70. The van der Waals surface area contributed by atoms with Crippen LogP contribution < -0.4 is 10.9 Å². The summed E-state index contributed by atoms with van der Waals surface area (Å²) < 4.78 is 1.65. The molecule has 0 spiro atoms. The van der Waals surface area contributed by atoms with Crippen molar-refractivity contribution in [1.29, 1.82) is 0 Å². The summed E-state index contributed by atoms with van der Waals surface area (Å²) in [6.45, 7) is 7.57. The number of hydrogen-bond donors (Lipinski definition) is 2. The average Bonchev–Trinajstić information content (AvgIpc) is 2.51. The van der Waals surface area contributed by atoms with Gasteiger partial charge in [0.05, 0.1) is 0 Å². The fraction of sp³-hybridized carbons (Fsp3) is 0.278. The highest BCUT2D eigenvalue weighted by molar-refractivity contribution is 5.76. The SMILES string of the molecule is Cc1cc(Nc2ncc3ccc(=O)n(C(C)C)c3n2)cc(C)c1O. The topological polar surface area (TPSA) is 80.0 Å². The van der Waals surface area contributed by atoms with E-state index in [1.165, 1.54) is 6.07 Å². The van der Waals surface area contributed by atoms with Crippen LogP contribution in [-0.2, 0) is 0 Å². The summed E-state index contributed by atoms with van der Waals surface area (Å²) in [4.78, 5) is 21.0. The van der Waals surface area contributed by atoms with Gasteiger partial charge >= 0.3 is 0 Å². The first-order valence-electron chi connectivity index (χ1n) is 7.82. The first kappa shape index (κ1) is 16.0. The molecule has 6 heteroatoms. The van der Waals surface area contributed by atoms with Crippen LogP contribution in [0.5, 0.6) is 5.75 Å². The molecule has 0 saturated carbocycles. The van der Waals surface area contributed by atoms with Crippen LogP contribution in [0.15, 0.2) is 35.3 Å². The summed E-state index contributed by atoms with van der Waals surface area (Å²) in [6, 6.07) is 6.93. The molecule has 1 aromatic carbocycles. The lowest BCUT2D eigenvalue weighted by molar-refractivity contribution is 0.467. The van der Waals surface area contributed by atoms with E-state index >= 15 is 0 Å². The summed E-state index contributed by atoms with van der Waals surface area (Å²) in [5.74, 6) is 0.695. The second kappa shape index (κ2) is 5.96. The molecular weight excluding hydrogens is 304 g/mol. The maximum absolute atomic E-state index is 12.1. The molecule has 0 atom stereocenters. The number of anilines is 2. The molecule has 6 nitrogen and oxygen atoms in total. The number of phenols is 1. The number of nitrogens with one attached hydrogen (secondary N) is 1. The van der Waals surface area contributed by atoms with Crippen molar-refractivity contribution >= 4 is 22.7 Å². The molecule has 0 saturated heterocycles. The van der Waals surface area contributed by atoms with E-state index in [1.807, 2.05) is 39.8 Å². The summed E-state index contributed by atoms with van der Waals surface area (Å²) >= 11 is 0. The highest BCUT2D eigenvalue weighted by Gasteiger charge is 2.10. The van der Waals surface area contributed by atoms with Gasteiger partial charge in [-0.1, -0.05) is 0 Å². The Morgan fingerprint density at radius 2 is 1.83 bits per heavy atom. The van der Waals surface area contributed by atoms with Gasteiger partial charge in [0.2, 0.25) is 5.95 Å². The van der Waals surface area contributed by atoms with E-state index in [1.54, 1.807) is 16.8 Å². The number of benzene rings is 1. The van der Waals surface area contributed by atoms with Crippen LogP contribution in [0, 0.1) is 13.8 Å². The van der Waals surface area contributed by atoms with Gasteiger partial charge < -0.3 is 10.4 Å². The van der Waals surface area contributed by atoms with E-state index in [4.69, 9.17) is 0 Å². The van der Waals surface area contributed by atoms with Crippen molar-refractivity contribution < 1.29 is 5.11 Å². The normalized spacial score (nSPS) is 11.2. The van der Waals surface area contributed by atoms with Crippen LogP contribution >= 0.6 is 0 Å². The zero-order chi connectivity index (χ0) is 17.4. The van der Waals surface area contributed by atoms with Crippen molar-refractivity contribution in [2.24, 2.45) is 0 Å². The molecule has 2 aromatic heterocycles. The molecule has 24 heavy (non-hydrogen) atoms. The van der Waals surface area contributed by atoms with Crippen molar-refractivity contribution in [3.63, 3.8) is 0 Å². The fourth-order valence-corrected chi connectivity index (χ4v) is 2.75. The maximum Gasteiger partial charge on any atom is 0.252 e. The molecule has 0 radical (unpaired) electrons.